The molecule has 102 valence electrons. The van der Waals surface area contributed by atoms with Gasteiger partial charge in [0.05, 0.1) is 20.8 Å². The number of aliphatic hydroxyl groups excluding tert-OH is 1. The molecule has 1 aromatic rings. The number of hydrogen-bond donors (Lipinski definition) is 2. The number of rotatable bonds is 3. The molecule has 0 unspecified atom stereocenters. The number of aryl methyl sites for hydroxylation is 1. The number of aliphatic hydroxyl groups is 1. The van der Waals surface area contributed by atoms with E-state index >= 15 is 0 Å². The molecule has 2 heterocycles. The van der Waals surface area contributed by atoms with Crippen LogP contribution in [0, 0.1) is 6.92 Å². The molecule has 2 atom stereocenters. The molecule has 0 amide bonds. The van der Waals surface area contributed by atoms with E-state index in [4.69, 9.17) is 0 Å². The van der Waals surface area contributed by atoms with Gasteiger partial charge in [0, 0.05) is 25.0 Å². The lowest BCUT2D eigenvalue weighted by atomic mass is 10.2. The number of likely N-dealkylation sites (N-methyl/N-ethyl adjacent to an activating group) is 1. The van der Waals surface area contributed by atoms with E-state index in [-0.39, 0.29) is 0 Å². The molecule has 1 aliphatic heterocycles. The molecule has 0 aliphatic carbocycles. The van der Waals surface area contributed by atoms with E-state index in [1.54, 1.807) is 13.0 Å². The maximum absolute atomic E-state index is 12.5. The first-order valence-corrected chi connectivity index (χ1v) is 8.51. The van der Waals surface area contributed by atoms with Crippen molar-refractivity contribution in [2.45, 2.75) is 24.0 Å². The van der Waals surface area contributed by atoms with Gasteiger partial charge in [-0.15, -0.1) is 11.3 Å². The maximum Gasteiger partial charge on any atom is 0.244 e. The van der Waals surface area contributed by atoms with Crippen LogP contribution in [0.5, 0.6) is 0 Å². The van der Waals surface area contributed by atoms with Crippen molar-refractivity contribution < 1.29 is 13.5 Å². The van der Waals surface area contributed by atoms with Crippen LogP contribution in [0.3, 0.4) is 0 Å². The molecule has 0 radical (unpaired) electrons. The minimum atomic E-state index is -3.55. The molecule has 0 spiro atoms. The highest BCUT2D eigenvalue weighted by atomic mass is 79.9. The van der Waals surface area contributed by atoms with E-state index < -0.39 is 22.2 Å². The zero-order chi connectivity index (χ0) is 13.5. The van der Waals surface area contributed by atoms with Crippen molar-refractivity contribution in [2.75, 3.05) is 20.1 Å². The molecular weight excluding hydrogens is 340 g/mol. The lowest BCUT2D eigenvalue weighted by Gasteiger charge is -2.25. The SMILES string of the molecule is Cc1sc(Br)cc1S(=O)(=O)N(C)[C@H]1CNC[C@@H]1O. The van der Waals surface area contributed by atoms with Gasteiger partial charge >= 0.3 is 0 Å². The lowest BCUT2D eigenvalue weighted by molar-refractivity contribution is 0.136. The molecule has 0 saturated carbocycles. The Kier molecular flexibility index (Phi) is 4.15. The van der Waals surface area contributed by atoms with Gasteiger partial charge in [-0.25, -0.2) is 8.42 Å². The zero-order valence-corrected chi connectivity index (χ0v) is 13.3. The second-order valence-corrected chi connectivity index (χ2v) is 8.89. The number of halogens is 1. The van der Waals surface area contributed by atoms with Gasteiger partial charge in [-0.2, -0.15) is 4.31 Å². The molecule has 1 fully saturated rings. The topological polar surface area (TPSA) is 69.6 Å². The zero-order valence-electron chi connectivity index (χ0n) is 10.1. The summed E-state index contributed by atoms with van der Waals surface area (Å²) in [4.78, 5) is 1.05. The second kappa shape index (κ2) is 5.18. The molecule has 1 aromatic heterocycles. The number of thiophene rings is 1. The molecule has 2 rings (SSSR count). The summed E-state index contributed by atoms with van der Waals surface area (Å²) in [5.41, 5.74) is 0. The van der Waals surface area contributed by atoms with Crippen molar-refractivity contribution in [1.82, 2.24) is 9.62 Å². The fraction of sp³-hybridized carbons (Fsp3) is 0.600. The number of nitrogens with zero attached hydrogens (tertiary/aromatic N) is 1. The summed E-state index contributed by atoms with van der Waals surface area (Å²) < 4.78 is 27.0. The minimum absolute atomic E-state index is 0.306. The summed E-state index contributed by atoms with van der Waals surface area (Å²) in [6.45, 7) is 2.68. The summed E-state index contributed by atoms with van der Waals surface area (Å²) in [6, 6.07) is 1.20. The van der Waals surface area contributed by atoms with Gasteiger partial charge in [-0.05, 0) is 28.9 Å². The summed E-state index contributed by atoms with van der Waals surface area (Å²) in [5, 5.41) is 12.8. The van der Waals surface area contributed by atoms with Crippen LogP contribution in [0.15, 0.2) is 14.7 Å². The normalized spacial score (nSPS) is 24.9. The Hall–Kier alpha value is 0.01000. The monoisotopic (exact) mass is 354 g/mol. The van der Waals surface area contributed by atoms with Crippen LogP contribution >= 0.6 is 27.3 Å². The highest BCUT2D eigenvalue weighted by molar-refractivity contribution is 9.11. The van der Waals surface area contributed by atoms with E-state index in [9.17, 15) is 13.5 Å². The van der Waals surface area contributed by atoms with Crippen LogP contribution in [0.2, 0.25) is 0 Å². The minimum Gasteiger partial charge on any atom is -0.390 e. The molecule has 2 N–H and O–H groups in total. The third-order valence-electron chi connectivity index (χ3n) is 3.12. The quantitative estimate of drug-likeness (QED) is 0.841. The van der Waals surface area contributed by atoms with Gasteiger partial charge in [-0.3, -0.25) is 0 Å². The Bertz CT molecular complexity index is 543. The third kappa shape index (κ3) is 2.50. The highest BCUT2D eigenvalue weighted by Gasteiger charge is 2.36. The number of hydrogen-bond acceptors (Lipinski definition) is 5. The van der Waals surface area contributed by atoms with Crippen LogP contribution in [0.4, 0.5) is 0 Å². The van der Waals surface area contributed by atoms with Gasteiger partial charge in [0.25, 0.3) is 0 Å². The molecule has 8 heteroatoms. The standard InChI is InChI=1S/C10H15BrN2O3S2/c1-6-9(3-10(11)17-6)18(15,16)13(2)7-4-12-5-8(7)14/h3,7-8,12,14H,4-5H2,1-2H3/t7-,8-/m0/s1. The first-order chi connectivity index (χ1) is 8.34. The van der Waals surface area contributed by atoms with Crippen molar-refractivity contribution in [3.63, 3.8) is 0 Å². The first-order valence-electron chi connectivity index (χ1n) is 5.47. The Labute approximate surface area is 119 Å². The van der Waals surface area contributed by atoms with E-state index in [2.05, 4.69) is 21.2 Å². The molecule has 1 aliphatic rings. The number of sulfonamides is 1. The second-order valence-electron chi connectivity index (χ2n) is 4.29. The average molecular weight is 355 g/mol. The maximum atomic E-state index is 12.5. The molecular formula is C10H15BrN2O3S2. The van der Waals surface area contributed by atoms with Crippen molar-refractivity contribution in [2.24, 2.45) is 0 Å². The van der Waals surface area contributed by atoms with Gasteiger partial charge < -0.3 is 10.4 Å². The number of β-amino-alcohol motifs (C(OH)–C–C–N with tert-alkyl or cyclic N) is 1. The fourth-order valence-electron chi connectivity index (χ4n) is 2.04. The van der Waals surface area contributed by atoms with Crippen LogP contribution < -0.4 is 5.32 Å². The third-order valence-corrected chi connectivity index (χ3v) is 6.81. The van der Waals surface area contributed by atoms with Crippen LogP contribution in [0.25, 0.3) is 0 Å². The Balaban J connectivity index is 2.34. The molecule has 5 nitrogen and oxygen atoms in total. The molecule has 18 heavy (non-hydrogen) atoms. The number of nitrogens with one attached hydrogen (secondary N) is 1. The van der Waals surface area contributed by atoms with Crippen LogP contribution in [-0.2, 0) is 10.0 Å². The van der Waals surface area contributed by atoms with Crippen LogP contribution in [-0.4, -0.2) is 50.1 Å². The average Bonchev–Trinajstić information content (AvgIpc) is 2.83. The largest absolute Gasteiger partial charge is 0.390 e. The van der Waals surface area contributed by atoms with Gasteiger partial charge in [0.15, 0.2) is 0 Å². The van der Waals surface area contributed by atoms with Gasteiger partial charge in [0.2, 0.25) is 10.0 Å². The lowest BCUT2D eigenvalue weighted by Crippen LogP contribution is -2.44. The van der Waals surface area contributed by atoms with Gasteiger partial charge in [-0.1, -0.05) is 0 Å². The predicted octanol–water partition coefficient (Wildman–Crippen LogP) is 0.772. The highest BCUT2D eigenvalue weighted by Crippen LogP contribution is 2.32. The fourth-order valence-corrected chi connectivity index (χ4v) is 5.81. The van der Waals surface area contributed by atoms with E-state index in [1.807, 2.05) is 0 Å². The smallest absolute Gasteiger partial charge is 0.244 e. The summed E-state index contributed by atoms with van der Waals surface area (Å²) in [7, 11) is -2.04. The first kappa shape index (κ1) is 14.4. The van der Waals surface area contributed by atoms with Crippen LogP contribution in [0.1, 0.15) is 4.88 Å². The summed E-state index contributed by atoms with van der Waals surface area (Å²) in [5.74, 6) is 0. The van der Waals surface area contributed by atoms with Crippen molar-refractivity contribution in [3.8, 4) is 0 Å². The van der Waals surface area contributed by atoms with Crippen molar-refractivity contribution in [3.05, 3.63) is 14.7 Å². The van der Waals surface area contributed by atoms with E-state index in [0.29, 0.717) is 18.0 Å². The molecule has 0 bridgehead atoms. The van der Waals surface area contributed by atoms with E-state index in [0.717, 1.165) is 8.66 Å². The Morgan fingerprint density at radius 2 is 2.22 bits per heavy atom. The van der Waals surface area contributed by atoms with E-state index in [1.165, 1.54) is 22.7 Å². The molecule has 1 saturated heterocycles. The van der Waals surface area contributed by atoms with Gasteiger partial charge in [0.1, 0.15) is 0 Å². The Morgan fingerprint density at radius 3 is 2.67 bits per heavy atom. The molecule has 0 aromatic carbocycles. The van der Waals surface area contributed by atoms with Crippen molar-refractivity contribution in [1.29, 1.82) is 0 Å². The predicted molar refractivity (Wildman–Crippen MR) is 74.4 cm³/mol. The van der Waals surface area contributed by atoms with Crippen molar-refractivity contribution >= 4 is 37.3 Å². The summed E-state index contributed by atoms with van der Waals surface area (Å²) in [6.07, 6.45) is -0.660. The Morgan fingerprint density at radius 1 is 1.56 bits per heavy atom. The summed E-state index contributed by atoms with van der Waals surface area (Å²) >= 11 is 4.68.